The van der Waals surface area contributed by atoms with E-state index in [1.807, 2.05) is 0 Å². The highest BCUT2D eigenvalue weighted by Gasteiger charge is 2.40. The Hall–Kier alpha value is -3.15. The van der Waals surface area contributed by atoms with Crippen molar-refractivity contribution in [1.29, 1.82) is 0 Å². The molecule has 4 N–H and O–H groups in total. The van der Waals surface area contributed by atoms with Gasteiger partial charge in [-0.1, -0.05) is 36.1 Å². The number of rotatable bonds is 4. The van der Waals surface area contributed by atoms with E-state index in [0.717, 1.165) is 0 Å². The molecule has 2 aromatic rings. The van der Waals surface area contributed by atoms with Crippen LogP contribution in [-0.2, 0) is 4.79 Å². The van der Waals surface area contributed by atoms with Crippen molar-refractivity contribution in [3.63, 3.8) is 0 Å². The van der Waals surface area contributed by atoms with Crippen molar-refractivity contribution < 1.29 is 20.1 Å². The Morgan fingerprint density at radius 3 is 2.23 bits per heavy atom. The van der Waals surface area contributed by atoms with Gasteiger partial charge in [0.1, 0.15) is 17.2 Å². The van der Waals surface area contributed by atoms with Gasteiger partial charge in [0.05, 0.1) is 5.69 Å². The molecule has 1 aliphatic rings. The Balaban J connectivity index is 1.78. The molecule has 0 saturated heterocycles. The third-order valence-corrected chi connectivity index (χ3v) is 3.39. The van der Waals surface area contributed by atoms with E-state index in [2.05, 4.69) is 10.6 Å². The number of aromatic hydroxyl groups is 1. The number of anilines is 2. The predicted molar refractivity (Wildman–Crippen MR) is 79.7 cm³/mol. The van der Waals surface area contributed by atoms with Gasteiger partial charge in [0.25, 0.3) is 0 Å². The molecule has 0 radical (unpaired) electrons. The quantitative estimate of drug-likeness (QED) is 0.640. The minimum Gasteiger partial charge on any atom is -0.871 e. The van der Waals surface area contributed by atoms with E-state index < -0.39 is 6.04 Å². The number of para-hydroxylation sites is 4. The highest BCUT2D eigenvalue weighted by Crippen LogP contribution is 2.31. The lowest BCUT2D eigenvalue weighted by molar-refractivity contribution is -0.267. The van der Waals surface area contributed by atoms with E-state index in [-0.39, 0.29) is 34.4 Å². The lowest BCUT2D eigenvalue weighted by atomic mass is 9.93. The smallest absolute Gasteiger partial charge is 0.212 e. The number of hydrogen-bond acceptors (Lipinski definition) is 6. The maximum Gasteiger partial charge on any atom is 0.212 e. The summed E-state index contributed by atoms with van der Waals surface area (Å²) in [4.78, 5) is 12.1. The standard InChI is InChI=1S/C16H14N2O4/c19-11-7-3-1-5-9(11)17-13-15(21)14(16(13)22)18-10-6-2-4-8-12(10)20/h1-8,13,17-21H/p-1. The van der Waals surface area contributed by atoms with Gasteiger partial charge in [0, 0.05) is 5.69 Å². The molecule has 22 heavy (non-hydrogen) atoms. The summed E-state index contributed by atoms with van der Waals surface area (Å²) in [6, 6.07) is 11.6. The Morgan fingerprint density at radius 2 is 1.59 bits per heavy atom. The van der Waals surface area contributed by atoms with Crippen molar-refractivity contribution in [1.82, 2.24) is 0 Å². The van der Waals surface area contributed by atoms with Crippen molar-refractivity contribution in [2.45, 2.75) is 6.04 Å². The van der Waals surface area contributed by atoms with Crippen LogP contribution in [0.15, 0.2) is 60.0 Å². The maximum atomic E-state index is 12.1. The molecular weight excluding hydrogens is 284 g/mol. The third kappa shape index (κ3) is 2.31. The fraction of sp³-hybridized carbons (Fsp3) is 0.0625. The molecule has 0 heterocycles. The van der Waals surface area contributed by atoms with Crippen LogP contribution in [0.25, 0.3) is 0 Å². The molecule has 1 atom stereocenters. The molecule has 0 fully saturated rings. The number of phenols is 1. The molecule has 0 bridgehead atoms. The summed E-state index contributed by atoms with van der Waals surface area (Å²) in [5, 5.41) is 36.6. The molecule has 0 aliphatic heterocycles. The largest absolute Gasteiger partial charge is 0.871 e. The van der Waals surface area contributed by atoms with Gasteiger partial charge in [0.15, 0.2) is 6.04 Å². The molecule has 1 unspecified atom stereocenters. The van der Waals surface area contributed by atoms with E-state index in [4.69, 9.17) is 0 Å². The van der Waals surface area contributed by atoms with E-state index in [0.29, 0.717) is 5.69 Å². The van der Waals surface area contributed by atoms with Crippen LogP contribution >= 0.6 is 0 Å². The molecule has 0 amide bonds. The first-order valence-corrected chi connectivity index (χ1v) is 6.63. The second-order valence-corrected chi connectivity index (χ2v) is 4.84. The normalized spacial score (nSPS) is 17.1. The first kappa shape index (κ1) is 13.8. The zero-order valence-corrected chi connectivity index (χ0v) is 11.4. The van der Waals surface area contributed by atoms with E-state index >= 15 is 0 Å². The van der Waals surface area contributed by atoms with Crippen molar-refractivity contribution in [3.8, 4) is 11.5 Å². The molecule has 112 valence electrons. The van der Waals surface area contributed by atoms with Gasteiger partial charge in [-0.25, -0.2) is 0 Å². The molecule has 0 saturated carbocycles. The second-order valence-electron chi connectivity index (χ2n) is 4.84. The van der Waals surface area contributed by atoms with Crippen LogP contribution in [0.3, 0.4) is 0 Å². The molecule has 6 nitrogen and oxygen atoms in total. The number of carbonyl (C=O) groups is 1. The Bertz CT molecular complexity index is 770. The number of ketones is 1. The zero-order valence-electron chi connectivity index (χ0n) is 11.4. The van der Waals surface area contributed by atoms with Crippen molar-refractivity contribution in [2.75, 3.05) is 10.6 Å². The van der Waals surface area contributed by atoms with Crippen LogP contribution in [0, 0.1) is 0 Å². The minimum absolute atomic E-state index is 0.0174. The van der Waals surface area contributed by atoms with E-state index in [1.165, 1.54) is 18.2 Å². The average molecular weight is 297 g/mol. The van der Waals surface area contributed by atoms with Crippen molar-refractivity contribution in [2.24, 2.45) is 0 Å². The first-order valence-electron chi connectivity index (χ1n) is 6.63. The molecule has 0 spiro atoms. The molecule has 3 rings (SSSR count). The maximum absolute atomic E-state index is 12.1. The third-order valence-electron chi connectivity index (χ3n) is 3.39. The average Bonchev–Trinajstić information content (AvgIpc) is 2.53. The summed E-state index contributed by atoms with van der Waals surface area (Å²) >= 11 is 0. The van der Waals surface area contributed by atoms with Gasteiger partial charge in [-0.05, 0) is 18.2 Å². The highest BCUT2D eigenvalue weighted by atomic mass is 16.3. The number of Topliss-reactive ketones (excluding diaryl/α,β-unsaturated/α-hetero) is 1. The van der Waals surface area contributed by atoms with Gasteiger partial charge < -0.3 is 26.0 Å². The second kappa shape index (κ2) is 5.33. The Labute approximate surface area is 126 Å². The highest BCUT2D eigenvalue weighted by molar-refractivity contribution is 6.12. The minimum atomic E-state index is -0.936. The number of hydrogen-bond donors (Lipinski definition) is 4. The molecule has 6 heteroatoms. The summed E-state index contributed by atoms with van der Waals surface area (Å²) in [5.41, 5.74) is 0.547. The van der Waals surface area contributed by atoms with Crippen LogP contribution in [0.1, 0.15) is 0 Å². The van der Waals surface area contributed by atoms with Crippen LogP contribution in [0.2, 0.25) is 0 Å². The van der Waals surface area contributed by atoms with E-state index in [9.17, 15) is 20.1 Å². The van der Waals surface area contributed by atoms with Crippen LogP contribution < -0.4 is 15.7 Å². The zero-order chi connectivity index (χ0) is 15.7. The SMILES string of the molecule is O=C1C(Nc2ccccc2[O-])=C(O)C1Nc1ccccc1O. The van der Waals surface area contributed by atoms with Crippen molar-refractivity contribution >= 4 is 17.2 Å². The van der Waals surface area contributed by atoms with Gasteiger partial charge in [-0.2, -0.15) is 0 Å². The fourth-order valence-electron chi connectivity index (χ4n) is 2.18. The summed E-state index contributed by atoms with van der Waals surface area (Å²) in [7, 11) is 0. The van der Waals surface area contributed by atoms with Gasteiger partial charge in [-0.15, -0.1) is 0 Å². The summed E-state index contributed by atoms with van der Waals surface area (Å²) in [5.74, 6) is -0.873. The number of nitrogens with one attached hydrogen (secondary N) is 2. The number of aliphatic hydroxyl groups excluding tert-OH is 1. The fourth-order valence-corrected chi connectivity index (χ4v) is 2.18. The van der Waals surface area contributed by atoms with Crippen LogP contribution in [0.4, 0.5) is 11.4 Å². The number of aliphatic hydroxyl groups is 1. The molecule has 1 aliphatic carbocycles. The topological polar surface area (TPSA) is 105 Å². The van der Waals surface area contributed by atoms with Gasteiger partial charge in [-0.3, -0.25) is 4.79 Å². The van der Waals surface area contributed by atoms with E-state index in [1.54, 1.807) is 30.3 Å². The predicted octanol–water partition coefficient (Wildman–Crippen LogP) is 1.71. The van der Waals surface area contributed by atoms with Gasteiger partial charge >= 0.3 is 0 Å². The summed E-state index contributed by atoms with van der Waals surface area (Å²) in [6.07, 6.45) is 0. The monoisotopic (exact) mass is 297 g/mol. The van der Waals surface area contributed by atoms with Crippen LogP contribution in [-0.4, -0.2) is 22.0 Å². The molecule has 0 aromatic heterocycles. The first-order chi connectivity index (χ1) is 10.6. The number of carbonyl (C=O) groups excluding carboxylic acids is 1. The Kier molecular flexibility index (Phi) is 3.34. The summed E-state index contributed by atoms with van der Waals surface area (Å²) in [6.45, 7) is 0. The Morgan fingerprint density at radius 1 is 0.955 bits per heavy atom. The lowest BCUT2D eigenvalue weighted by Crippen LogP contribution is -2.45. The van der Waals surface area contributed by atoms with Crippen molar-refractivity contribution in [3.05, 3.63) is 60.0 Å². The van der Waals surface area contributed by atoms with Gasteiger partial charge in [0.2, 0.25) is 5.78 Å². The molecule has 2 aromatic carbocycles. The lowest BCUT2D eigenvalue weighted by Gasteiger charge is -2.30. The molecular formula is C16H13N2O4-. The summed E-state index contributed by atoms with van der Waals surface area (Å²) < 4.78 is 0. The number of phenolic OH excluding ortho intramolecular Hbond substituents is 1. The van der Waals surface area contributed by atoms with Crippen LogP contribution in [0.5, 0.6) is 11.5 Å². The number of benzene rings is 2.